The van der Waals surface area contributed by atoms with Gasteiger partial charge >= 0.3 is 11.8 Å². The van der Waals surface area contributed by atoms with Crippen molar-refractivity contribution >= 4 is 23.7 Å². The number of carbonyl (C=O) groups is 2. The first kappa shape index (κ1) is 22.7. The monoisotopic (exact) mass is 413 g/mol. The predicted octanol–water partition coefficient (Wildman–Crippen LogP) is 3.36. The number of unbranched alkanes of at least 4 members (excludes halogenated alkanes) is 2. The molecule has 0 aliphatic heterocycles. The van der Waals surface area contributed by atoms with E-state index >= 15 is 0 Å². The van der Waals surface area contributed by atoms with Gasteiger partial charge in [-0.2, -0.15) is 5.10 Å². The van der Waals surface area contributed by atoms with Crippen LogP contribution in [0.5, 0.6) is 17.2 Å². The number of ether oxygens (including phenoxy) is 3. The first-order valence-corrected chi connectivity index (χ1v) is 9.66. The van der Waals surface area contributed by atoms with Gasteiger partial charge in [0.05, 0.1) is 27.0 Å². The topological polar surface area (TPSA) is 98.2 Å². The number of rotatable bonds is 10. The van der Waals surface area contributed by atoms with Gasteiger partial charge in [0.2, 0.25) is 0 Å². The molecule has 0 heterocycles. The van der Waals surface area contributed by atoms with Crippen molar-refractivity contribution in [3.05, 3.63) is 48.0 Å². The van der Waals surface area contributed by atoms with Gasteiger partial charge in [-0.1, -0.05) is 19.8 Å². The van der Waals surface area contributed by atoms with Gasteiger partial charge in [0.1, 0.15) is 5.75 Å². The van der Waals surface area contributed by atoms with Crippen molar-refractivity contribution in [2.24, 2.45) is 5.10 Å². The molecule has 0 unspecified atom stereocenters. The Morgan fingerprint density at radius 3 is 2.37 bits per heavy atom. The third-order valence-corrected chi connectivity index (χ3v) is 4.12. The van der Waals surface area contributed by atoms with Gasteiger partial charge in [0, 0.05) is 5.69 Å². The molecule has 0 fully saturated rings. The summed E-state index contributed by atoms with van der Waals surface area (Å²) in [6.45, 7) is 2.79. The van der Waals surface area contributed by atoms with Crippen LogP contribution in [-0.4, -0.2) is 38.9 Å². The lowest BCUT2D eigenvalue weighted by Gasteiger charge is -2.08. The maximum Gasteiger partial charge on any atom is 0.329 e. The minimum Gasteiger partial charge on any atom is -0.494 e. The van der Waals surface area contributed by atoms with Crippen LogP contribution in [0, 0.1) is 0 Å². The van der Waals surface area contributed by atoms with Crippen molar-refractivity contribution in [3.63, 3.8) is 0 Å². The van der Waals surface area contributed by atoms with Crippen LogP contribution in [0.1, 0.15) is 31.7 Å². The number of hydrogen-bond donors (Lipinski definition) is 2. The van der Waals surface area contributed by atoms with Crippen LogP contribution in [0.3, 0.4) is 0 Å². The van der Waals surface area contributed by atoms with Crippen molar-refractivity contribution in [1.29, 1.82) is 0 Å². The van der Waals surface area contributed by atoms with E-state index in [2.05, 4.69) is 22.8 Å². The highest BCUT2D eigenvalue weighted by Crippen LogP contribution is 2.26. The molecule has 0 radical (unpaired) electrons. The molecular weight excluding hydrogens is 386 g/mol. The summed E-state index contributed by atoms with van der Waals surface area (Å²) in [5, 5.41) is 6.31. The van der Waals surface area contributed by atoms with E-state index in [9.17, 15) is 9.59 Å². The fraction of sp³-hybridized carbons (Fsp3) is 0.318. The Morgan fingerprint density at radius 2 is 1.70 bits per heavy atom. The largest absolute Gasteiger partial charge is 0.494 e. The molecule has 8 nitrogen and oxygen atoms in total. The van der Waals surface area contributed by atoms with Crippen LogP contribution < -0.4 is 25.0 Å². The van der Waals surface area contributed by atoms with Gasteiger partial charge in [0.25, 0.3) is 0 Å². The van der Waals surface area contributed by atoms with E-state index in [-0.39, 0.29) is 0 Å². The van der Waals surface area contributed by atoms with Gasteiger partial charge < -0.3 is 19.5 Å². The Bertz CT molecular complexity index is 866. The van der Waals surface area contributed by atoms with Crippen molar-refractivity contribution in [2.45, 2.75) is 26.2 Å². The van der Waals surface area contributed by atoms with Gasteiger partial charge in [-0.25, -0.2) is 5.43 Å². The van der Waals surface area contributed by atoms with E-state index in [1.165, 1.54) is 13.3 Å². The van der Waals surface area contributed by atoms with Gasteiger partial charge in [-0.05, 0) is 54.4 Å². The maximum atomic E-state index is 12.0. The summed E-state index contributed by atoms with van der Waals surface area (Å²) in [4.78, 5) is 23.9. The smallest absolute Gasteiger partial charge is 0.329 e. The number of nitrogens with zero attached hydrogens (tertiary/aromatic N) is 1. The second-order valence-corrected chi connectivity index (χ2v) is 6.35. The summed E-state index contributed by atoms with van der Waals surface area (Å²) < 4.78 is 16.0. The van der Waals surface area contributed by atoms with Crippen LogP contribution >= 0.6 is 0 Å². The van der Waals surface area contributed by atoms with Crippen molar-refractivity contribution in [3.8, 4) is 17.2 Å². The average Bonchev–Trinajstić information content (AvgIpc) is 2.77. The van der Waals surface area contributed by atoms with Crippen molar-refractivity contribution in [2.75, 3.05) is 26.1 Å². The molecule has 8 heteroatoms. The Kier molecular flexibility index (Phi) is 9.18. The van der Waals surface area contributed by atoms with Crippen LogP contribution in [-0.2, 0) is 9.59 Å². The molecule has 0 aliphatic carbocycles. The number of hydrogen-bond acceptors (Lipinski definition) is 6. The number of hydrazone groups is 1. The lowest BCUT2D eigenvalue weighted by atomic mass is 10.2. The Balaban J connectivity index is 1.83. The first-order valence-electron chi connectivity index (χ1n) is 9.66. The van der Waals surface area contributed by atoms with Gasteiger partial charge in [0.15, 0.2) is 11.5 Å². The quantitative estimate of drug-likeness (QED) is 0.269. The molecule has 0 aromatic heterocycles. The molecule has 2 rings (SSSR count). The SMILES string of the molecule is CCCCCOc1ccc(NC(=O)C(=O)N/N=C/c2ccc(OC)c(OC)c2)cc1. The van der Waals surface area contributed by atoms with Crippen molar-refractivity contribution < 1.29 is 23.8 Å². The fourth-order valence-corrected chi connectivity index (χ4v) is 2.51. The Morgan fingerprint density at radius 1 is 0.967 bits per heavy atom. The summed E-state index contributed by atoms with van der Waals surface area (Å²) in [5.74, 6) is 0.120. The minimum atomic E-state index is -0.883. The third-order valence-electron chi connectivity index (χ3n) is 4.12. The summed E-state index contributed by atoms with van der Waals surface area (Å²) in [7, 11) is 3.06. The molecule has 30 heavy (non-hydrogen) atoms. The highest BCUT2D eigenvalue weighted by atomic mass is 16.5. The highest BCUT2D eigenvalue weighted by molar-refractivity contribution is 6.39. The van der Waals surface area contributed by atoms with Crippen molar-refractivity contribution in [1.82, 2.24) is 5.43 Å². The van der Waals surface area contributed by atoms with E-state index in [1.807, 2.05) is 0 Å². The zero-order valence-corrected chi connectivity index (χ0v) is 17.4. The molecule has 0 bridgehead atoms. The van der Waals surface area contributed by atoms with Crippen LogP contribution in [0.4, 0.5) is 5.69 Å². The molecule has 2 aromatic carbocycles. The number of benzene rings is 2. The molecule has 2 N–H and O–H groups in total. The predicted molar refractivity (Wildman–Crippen MR) is 115 cm³/mol. The van der Waals surface area contributed by atoms with E-state index in [1.54, 1.807) is 49.6 Å². The molecule has 0 aliphatic rings. The normalized spacial score (nSPS) is 10.5. The maximum absolute atomic E-state index is 12.0. The Labute approximate surface area is 176 Å². The second-order valence-electron chi connectivity index (χ2n) is 6.35. The molecule has 0 spiro atoms. The van der Waals surface area contributed by atoms with E-state index in [0.717, 1.165) is 19.3 Å². The molecule has 160 valence electrons. The first-order chi connectivity index (χ1) is 14.6. The summed E-state index contributed by atoms with van der Waals surface area (Å²) in [6, 6.07) is 12.0. The lowest BCUT2D eigenvalue weighted by molar-refractivity contribution is -0.136. The number of carbonyl (C=O) groups excluding carboxylic acids is 2. The minimum absolute atomic E-state index is 0.486. The van der Waals surface area contributed by atoms with E-state index in [0.29, 0.717) is 35.1 Å². The van der Waals surface area contributed by atoms with Crippen LogP contribution in [0.2, 0.25) is 0 Å². The highest BCUT2D eigenvalue weighted by Gasteiger charge is 2.13. The molecule has 0 saturated heterocycles. The fourth-order valence-electron chi connectivity index (χ4n) is 2.51. The average molecular weight is 413 g/mol. The number of anilines is 1. The second kappa shape index (κ2) is 12.1. The van der Waals surface area contributed by atoms with Gasteiger partial charge in [-0.3, -0.25) is 9.59 Å². The zero-order chi connectivity index (χ0) is 21.8. The Hall–Kier alpha value is -3.55. The summed E-state index contributed by atoms with van der Waals surface area (Å²) in [5.41, 5.74) is 3.35. The van der Waals surface area contributed by atoms with E-state index < -0.39 is 11.8 Å². The number of amides is 2. The molecule has 0 saturated carbocycles. The van der Waals surface area contributed by atoms with Crippen LogP contribution in [0.15, 0.2) is 47.6 Å². The molecule has 2 amide bonds. The van der Waals surface area contributed by atoms with Gasteiger partial charge in [-0.15, -0.1) is 0 Å². The molecule has 2 aromatic rings. The summed E-state index contributed by atoms with van der Waals surface area (Å²) >= 11 is 0. The third kappa shape index (κ3) is 7.12. The standard InChI is InChI=1S/C22H27N3O5/c1-4-5-6-13-30-18-10-8-17(9-11-18)24-21(26)22(27)25-23-15-16-7-12-19(28-2)20(14-16)29-3/h7-12,14-15H,4-6,13H2,1-3H3,(H,24,26)(H,25,27)/b23-15+. The zero-order valence-electron chi connectivity index (χ0n) is 17.4. The lowest BCUT2D eigenvalue weighted by Crippen LogP contribution is -2.32. The molecular formula is C22H27N3O5. The number of methoxy groups -OCH3 is 2. The summed E-state index contributed by atoms with van der Waals surface area (Å²) in [6.07, 6.45) is 4.66. The van der Waals surface area contributed by atoms with E-state index in [4.69, 9.17) is 14.2 Å². The molecule has 0 atom stereocenters. The van der Waals surface area contributed by atoms with Crippen LogP contribution in [0.25, 0.3) is 0 Å². The number of nitrogens with one attached hydrogen (secondary N) is 2.